The summed E-state index contributed by atoms with van der Waals surface area (Å²) in [6, 6.07) is 5.59. The molecule has 6 N–H and O–H groups in total. The van der Waals surface area contributed by atoms with E-state index < -0.39 is 0 Å². The van der Waals surface area contributed by atoms with Crippen molar-refractivity contribution in [2.45, 2.75) is 19.4 Å². The highest BCUT2D eigenvalue weighted by molar-refractivity contribution is 7.08. The summed E-state index contributed by atoms with van der Waals surface area (Å²) in [6.07, 6.45) is 1.82. The fourth-order valence-corrected chi connectivity index (χ4v) is 2.95. The number of anilines is 2. The van der Waals surface area contributed by atoms with E-state index in [9.17, 15) is 0 Å². The van der Waals surface area contributed by atoms with Gasteiger partial charge in [-0.3, -0.25) is 0 Å². The van der Waals surface area contributed by atoms with Crippen LogP contribution in [0.1, 0.15) is 18.4 Å². The maximum absolute atomic E-state index is 8.75. The summed E-state index contributed by atoms with van der Waals surface area (Å²) in [6.45, 7) is 1.96. The molecule has 2 aromatic rings. The normalized spacial score (nSPS) is 10.8. The van der Waals surface area contributed by atoms with Crippen molar-refractivity contribution in [2.24, 2.45) is 0 Å². The molecule has 2 rings (SSSR count). The Morgan fingerprint density at radius 2 is 1.95 bits per heavy atom. The van der Waals surface area contributed by atoms with Gasteiger partial charge in [-0.15, -0.1) is 0 Å². The Balaban J connectivity index is 2.06. The van der Waals surface area contributed by atoms with Gasteiger partial charge in [0.1, 0.15) is 0 Å². The van der Waals surface area contributed by atoms with Gasteiger partial charge in [-0.2, -0.15) is 11.3 Å². The van der Waals surface area contributed by atoms with Crippen LogP contribution in [-0.2, 0) is 6.54 Å². The van der Waals surface area contributed by atoms with Crippen LogP contribution < -0.4 is 16.8 Å². The van der Waals surface area contributed by atoms with Gasteiger partial charge in [-0.1, -0.05) is 0 Å². The first kappa shape index (κ1) is 14.8. The van der Waals surface area contributed by atoms with Gasteiger partial charge >= 0.3 is 0 Å². The van der Waals surface area contributed by atoms with E-state index in [0.29, 0.717) is 0 Å². The number of nitrogen functional groups attached to an aromatic ring is 2. The molecule has 0 fully saturated rings. The summed E-state index contributed by atoms with van der Waals surface area (Å²) in [5, 5.41) is 16.4. The van der Waals surface area contributed by atoms with E-state index in [4.69, 9.17) is 16.6 Å². The number of benzene rings is 1. The summed E-state index contributed by atoms with van der Waals surface area (Å²) in [5.41, 5.74) is 16.7. The molecular formula is C15H21N3OS. The molecule has 0 amide bonds. The molecule has 0 bridgehead atoms. The van der Waals surface area contributed by atoms with E-state index in [2.05, 4.69) is 16.1 Å². The molecule has 0 saturated carbocycles. The number of thiophene rings is 1. The third-order valence-electron chi connectivity index (χ3n) is 3.19. The highest BCUT2D eigenvalue weighted by Crippen LogP contribution is 2.33. The first-order valence-corrected chi connectivity index (χ1v) is 7.68. The maximum atomic E-state index is 8.75. The fraction of sp³-hybridized carbons (Fsp3) is 0.333. The lowest BCUT2D eigenvalue weighted by atomic mass is 10.0. The van der Waals surface area contributed by atoms with E-state index >= 15 is 0 Å². The number of hydrogen-bond donors (Lipinski definition) is 4. The molecule has 0 aliphatic rings. The molecule has 0 unspecified atom stereocenters. The standard InChI is InChI=1S/C15H21N3OS/c16-12-3-4-15(17)13(7-12)14-10-20-9-11(14)8-18-5-1-2-6-19/h3-4,7,9-10,18-19H,1-2,5-6,8,16-17H2. The Morgan fingerprint density at radius 1 is 1.10 bits per heavy atom. The number of unbranched alkanes of at least 4 members (excludes halogenated alkanes) is 1. The fourth-order valence-electron chi connectivity index (χ4n) is 2.09. The van der Waals surface area contributed by atoms with Crippen LogP contribution in [0.5, 0.6) is 0 Å². The minimum absolute atomic E-state index is 0.255. The van der Waals surface area contributed by atoms with Crippen molar-refractivity contribution in [1.29, 1.82) is 0 Å². The number of rotatable bonds is 7. The molecule has 0 aliphatic heterocycles. The Bertz CT molecular complexity index is 554. The van der Waals surface area contributed by atoms with Crippen LogP contribution in [0.15, 0.2) is 29.0 Å². The second kappa shape index (κ2) is 7.28. The molecule has 20 heavy (non-hydrogen) atoms. The Kier molecular flexibility index (Phi) is 5.40. The molecule has 0 aliphatic carbocycles. The summed E-state index contributed by atoms with van der Waals surface area (Å²) in [4.78, 5) is 0. The van der Waals surface area contributed by atoms with Crippen molar-refractivity contribution >= 4 is 22.7 Å². The van der Waals surface area contributed by atoms with E-state index in [1.54, 1.807) is 11.3 Å². The van der Waals surface area contributed by atoms with Gasteiger partial charge in [0.25, 0.3) is 0 Å². The monoisotopic (exact) mass is 291 g/mol. The van der Waals surface area contributed by atoms with E-state index in [1.807, 2.05) is 18.2 Å². The number of aliphatic hydroxyl groups excluding tert-OH is 1. The maximum Gasteiger partial charge on any atom is 0.0431 e. The number of hydrogen-bond acceptors (Lipinski definition) is 5. The zero-order valence-electron chi connectivity index (χ0n) is 11.4. The van der Waals surface area contributed by atoms with E-state index in [-0.39, 0.29) is 6.61 Å². The molecule has 0 spiro atoms. The molecule has 0 radical (unpaired) electrons. The lowest BCUT2D eigenvalue weighted by molar-refractivity contribution is 0.283. The predicted octanol–water partition coefficient (Wildman–Crippen LogP) is 2.44. The van der Waals surface area contributed by atoms with Crippen LogP contribution in [0, 0.1) is 0 Å². The van der Waals surface area contributed by atoms with Crippen LogP contribution >= 0.6 is 11.3 Å². The van der Waals surface area contributed by atoms with E-state index in [1.165, 1.54) is 5.56 Å². The van der Waals surface area contributed by atoms with Crippen molar-refractivity contribution in [3.05, 3.63) is 34.5 Å². The SMILES string of the molecule is Nc1ccc(N)c(-c2cscc2CNCCCCO)c1. The molecule has 1 heterocycles. The summed E-state index contributed by atoms with van der Waals surface area (Å²) in [7, 11) is 0. The second-order valence-electron chi connectivity index (χ2n) is 4.76. The molecule has 5 heteroatoms. The van der Waals surface area contributed by atoms with Crippen LogP contribution in [0.4, 0.5) is 11.4 Å². The Morgan fingerprint density at radius 3 is 2.75 bits per heavy atom. The lowest BCUT2D eigenvalue weighted by Crippen LogP contribution is -2.15. The Labute approximate surface area is 123 Å². The average Bonchev–Trinajstić information content (AvgIpc) is 2.89. The predicted molar refractivity (Wildman–Crippen MR) is 86.6 cm³/mol. The van der Waals surface area contributed by atoms with E-state index in [0.717, 1.165) is 48.4 Å². The largest absolute Gasteiger partial charge is 0.399 e. The molecule has 1 aromatic carbocycles. The van der Waals surface area contributed by atoms with Crippen LogP contribution in [0.2, 0.25) is 0 Å². The minimum Gasteiger partial charge on any atom is -0.399 e. The summed E-state index contributed by atoms with van der Waals surface area (Å²) >= 11 is 1.67. The third kappa shape index (κ3) is 3.72. The molecular weight excluding hydrogens is 270 g/mol. The molecule has 0 atom stereocenters. The van der Waals surface area contributed by atoms with Gasteiger partial charge in [0.2, 0.25) is 0 Å². The highest BCUT2D eigenvalue weighted by Gasteiger charge is 2.09. The zero-order chi connectivity index (χ0) is 14.4. The van der Waals surface area contributed by atoms with Gasteiger partial charge in [-0.25, -0.2) is 0 Å². The van der Waals surface area contributed by atoms with Gasteiger partial charge in [0.15, 0.2) is 0 Å². The average molecular weight is 291 g/mol. The minimum atomic E-state index is 0.255. The molecule has 108 valence electrons. The van der Waals surface area contributed by atoms with Crippen LogP contribution in [-0.4, -0.2) is 18.3 Å². The second-order valence-corrected chi connectivity index (χ2v) is 5.51. The Hall–Kier alpha value is -1.56. The molecule has 1 aromatic heterocycles. The topological polar surface area (TPSA) is 84.3 Å². The van der Waals surface area contributed by atoms with Crippen LogP contribution in [0.25, 0.3) is 11.1 Å². The zero-order valence-corrected chi connectivity index (χ0v) is 12.2. The highest BCUT2D eigenvalue weighted by atomic mass is 32.1. The summed E-state index contributed by atoms with van der Waals surface area (Å²) in [5.74, 6) is 0. The third-order valence-corrected chi connectivity index (χ3v) is 3.98. The number of aliphatic hydroxyl groups is 1. The smallest absolute Gasteiger partial charge is 0.0431 e. The molecule has 0 saturated heterocycles. The lowest BCUT2D eigenvalue weighted by Gasteiger charge is -2.09. The quantitative estimate of drug-likeness (QED) is 0.466. The van der Waals surface area contributed by atoms with Gasteiger partial charge in [0, 0.05) is 30.1 Å². The van der Waals surface area contributed by atoms with Crippen molar-refractivity contribution in [3.8, 4) is 11.1 Å². The van der Waals surface area contributed by atoms with Crippen molar-refractivity contribution < 1.29 is 5.11 Å². The number of nitrogens with one attached hydrogen (secondary N) is 1. The summed E-state index contributed by atoms with van der Waals surface area (Å²) < 4.78 is 0. The first-order valence-electron chi connectivity index (χ1n) is 6.74. The number of nitrogens with two attached hydrogens (primary N) is 2. The molecule has 4 nitrogen and oxygen atoms in total. The van der Waals surface area contributed by atoms with Gasteiger partial charge in [0.05, 0.1) is 0 Å². The first-order chi connectivity index (χ1) is 9.72. The van der Waals surface area contributed by atoms with Gasteiger partial charge in [-0.05, 0) is 59.5 Å². The van der Waals surface area contributed by atoms with Crippen LogP contribution in [0.3, 0.4) is 0 Å². The van der Waals surface area contributed by atoms with Crippen molar-refractivity contribution in [3.63, 3.8) is 0 Å². The van der Waals surface area contributed by atoms with Crippen molar-refractivity contribution in [2.75, 3.05) is 24.6 Å². The van der Waals surface area contributed by atoms with Gasteiger partial charge < -0.3 is 21.9 Å². The van der Waals surface area contributed by atoms with Crippen molar-refractivity contribution in [1.82, 2.24) is 5.32 Å².